The van der Waals surface area contributed by atoms with Crippen molar-refractivity contribution in [3.05, 3.63) is 52.2 Å². The molecule has 2 rings (SSSR count). The van der Waals surface area contributed by atoms with Gasteiger partial charge in [-0.3, -0.25) is 4.28 Å². The smallest absolute Gasteiger partial charge is 0.264 e. The van der Waals surface area contributed by atoms with Gasteiger partial charge in [-0.25, -0.2) is 0 Å². The predicted octanol–water partition coefficient (Wildman–Crippen LogP) is 3.19. The Balaban J connectivity index is 2.18. The van der Waals surface area contributed by atoms with Gasteiger partial charge in [0.25, 0.3) is 0 Å². The van der Waals surface area contributed by atoms with Crippen molar-refractivity contribution < 1.29 is 12.7 Å². The molecule has 0 radical (unpaired) electrons. The molecule has 0 aliphatic heterocycles. The molecule has 4 nitrogen and oxygen atoms in total. The van der Waals surface area contributed by atoms with E-state index in [4.69, 9.17) is 4.28 Å². The molecule has 0 spiro atoms. The summed E-state index contributed by atoms with van der Waals surface area (Å²) in [5.41, 5.74) is 1.52. The number of thiophene rings is 1. The average molecular weight is 295 g/mol. The molecule has 1 aromatic carbocycles. The molecule has 2 aromatic rings. The first-order chi connectivity index (χ1) is 8.99. The van der Waals surface area contributed by atoms with Gasteiger partial charge in [0.05, 0.1) is 10.6 Å². The topological polar surface area (TPSA) is 55.7 Å². The van der Waals surface area contributed by atoms with Gasteiger partial charge in [-0.05, 0) is 37.4 Å². The second-order valence-electron chi connectivity index (χ2n) is 4.00. The molecule has 0 aliphatic rings. The quantitative estimate of drug-likeness (QED) is 0.643. The minimum atomic E-state index is -3.85. The molecule has 1 aromatic heterocycles. The van der Waals surface area contributed by atoms with Crippen LogP contribution in [0.5, 0.6) is 0 Å². The van der Waals surface area contributed by atoms with Gasteiger partial charge in [0.1, 0.15) is 4.90 Å². The summed E-state index contributed by atoms with van der Waals surface area (Å²) in [5, 5.41) is 5.57. The van der Waals surface area contributed by atoms with Gasteiger partial charge in [0, 0.05) is 0 Å². The van der Waals surface area contributed by atoms with Crippen LogP contribution in [0.4, 0.5) is 0 Å². The van der Waals surface area contributed by atoms with E-state index >= 15 is 0 Å². The Bertz CT molecular complexity index is 671. The van der Waals surface area contributed by atoms with Crippen LogP contribution in [0, 0.1) is 6.92 Å². The van der Waals surface area contributed by atoms with E-state index in [1.165, 1.54) is 23.5 Å². The molecule has 0 atom stereocenters. The minimum Gasteiger partial charge on any atom is -0.264 e. The van der Waals surface area contributed by atoms with Crippen LogP contribution in [0.15, 0.2) is 51.8 Å². The highest BCUT2D eigenvalue weighted by Gasteiger charge is 2.15. The van der Waals surface area contributed by atoms with Crippen molar-refractivity contribution in [2.75, 3.05) is 0 Å². The lowest BCUT2D eigenvalue weighted by atomic mass is 10.2. The van der Waals surface area contributed by atoms with E-state index in [2.05, 4.69) is 5.16 Å². The molecular weight excluding hydrogens is 282 g/mol. The third-order valence-corrected chi connectivity index (χ3v) is 4.56. The first-order valence-corrected chi connectivity index (χ1v) is 7.86. The summed E-state index contributed by atoms with van der Waals surface area (Å²) >= 11 is 1.47. The lowest BCUT2D eigenvalue weighted by molar-refractivity contribution is 0.339. The third kappa shape index (κ3) is 3.42. The molecule has 0 unspecified atom stereocenters. The van der Waals surface area contributed by atoms with Gasteiger partial charge >= 0.3 is 10.1 Å². The lowest BCUT2D eigenvalue weighted by Crippen LogP contribution is -2.04. The highest BCUT2D eigenvalue weighted by molar-refractivity contribution is 7.86. The molecule has 19 heavy (non-hydrogen) atoms. The molecular formula is C13H13NO3S2. The average Bonchev–Trinajstić information content (AvgIpc) is 2.90. The number of aryl methyl sites for hydroxylation is 1. The summed E-state index contributed by atoms with van der Waals surface area (Å²) < 4.78 is 28.5. The zero-order chi connectivity index (χ0) is 13.9. The van der Waals surface area contributed by atoms with Crippen molar-refractivity contribution in [1.29, 1.82) is 0 Å². The lowest BCUT2D eigenvalue weighted by Gasteiger charge is -2.02. The maximum atomic E-state index is 11.9. The van der Waals surface area contributed by atoms with Crippen LogP contribution in [-0.4, -0.2) is 14.1 Å². The Morgan fingerprint density at radius 3 is 2.47 bits per heavy atom. The van der Waals surface area contributed by atoms with Crippen molar-refractivity contribution in [2.24, 2.45) is 5.16 Å². The van der Waals surface area contributed by atoms with Crippen molar-refractivity contribution in [3.8, 4) is 0 Å². The molecule has 0 N–H and O–H groups in total. The number of hydrogen-bond donors (Lipinski definition) is 0. The standard InChI is InChI=1S/C13H13NO3S2/c1-10-5-7-12(8-6-10)19(15,16)17-14-11(2)13-4-3-9-18-13/h3-9H,1-2H3/b14-11+. The van der Waals surface area contributed by atoms with E-state index < -0.39 is 10.1 Å². The number of oxime groups is 1. The van der Waals surface area contributed by atoms with Gasteiger partial charge in [0.2, 0.25) is 0 Å². The van der Waals surface area contributed by atoms with Crippen molar-refractivity contribution in [3.63, 3.8) is 0 Å². The second-order valence-corrected chi connectivity index (χ2v) is 6.47. The zero-order valence-electron chi connectivity index (χ0n) is 10.5. The number of benzene rings is 1. The highest BCUT2D eigenvalue weighted by Crippen LogP contribution is 2.15. The van der Waals surface area contributed by atoms with Crippen LogP contribution < -0.4 is 0 Å². The van der Waals surface area contributed by atoms with Crippen LogP contribution in [0.2, 0.25) is 0 Å². The normalized spacial score (nSPS) is 12.4. The first-order valence-electron chi connectivity index (χ1n) is 5.58. The Morgan fingerprint density at radius 2 is 1.89 bits per heavy atom. The fraction of sp³-hybridized carbons (Fsp3) is 0.154. The first kappa shape index (κ1) is 13.8. The molecule has 0 amide bonds. The summed E-state index contributed by atoms with van der Waals surface area (Å²) in [5.74, 6) is 0. The van der Waals surface area contributed by atoms with Gasteiger partial charge in [-0.2, -0.15) is 8.42 Å². The van der Waals surface area contributed by atoms with Gasteiger partial charge in [-0.15, -0.1) is 11.3 Å². The van der Waals surface area contributed by atoms with Crippen LogP contribution in [-0.2, 0) is 14.4 Å². The number of rotatable bonds is 4. The maximum Gasteiger partial charge on any atom is 0.358 e. The number of hydrogen-bond acceptors (Lipinski definition) is 5. The summed E-state index contributed by atoms with van der Waals surface area (Å²) in [4.78, 5) is 0.972. The number of nitrogens with zero attached hydrogens (tertiary/aromatic N) is 1. The van der Waals surface area contributed by atoms with E-state index in [1.54, 1.807) is 19.1 Å². The zero-order valence-corrected chi connectivity index (χ0v) is 12.2. The molecule has 0 saturated carbocycles. The van der Waals surface area contributed by atoms with Crippen LogP contribution in [0.3, 0.4) is 0 Å². The van der Waals surface area contributed by atoms with Crippen LogP contribution >= 0.6 is 11.3 Å². The van der Waals surface area contributed by atoms with Crippen molar-refractivity contribution >= 4 is 27.2 Å². The second kappa shape index (κ2) is 5.54. The van der Waals surface area contributed by atoms with E-state index in [9.17, 15) is 8.42 Å². The van der Waals surface area contributed by atoms with Gasteiger partial charge in [0.15, 0.2) is 0 Å². The van der Waals surface area contributed by atoms with Gasteiger partial charge in [-0.1, -0.05) is 28.9 Å². The SMILES string of the molecule is C/C(=N\OS(=O)(=O)c1ccc(C)cc1)c1cccs1. The molecule has 1 heterocycles. The Hall–Kier alpha value is -1.66. The van der Waals surface area contributed by atoms with E-state index in [0.717, 1.165) is 10.4 Å². The van der Waals surface area contributed by atoms with Crippen LogP contribution in [0.25, 0.3) is 0 Å². The molecule has 0 fully saturated rings. The monoisotopic (exact) mass is 295 g/mol. The summed E-state index contributed by atoms with van der Waals surface area (Å²) in [6, 6.07) is 10.2. The maximum absolute atomic E-state index is 11.9. The predicted molar refractivity (Wildman–Crippen MR) is 76.0 cm³/mol. The van der Waals surface area contributed by atoms with E-state index in [0.29, 0.717) is 5.71 Å². The molecule has 0 saturated heterocycles. The van der Waals surface area contributed by atoms with E-state index in [-0.39, 0.29) is 4.90 Å². The Morgan fingerprint density at radius 1 is 1.21 bits per heavy atom. The Labute approximate surface area is 116 Å². The van der Waals surface area contributed by atoms with Gasteiger partial charge < -0.3 is 0 Å². The van der Waals surface area contributed by atoms with Crippen molar-refractivity contribution in [1.82, 2.24) is 0 Å². The molecule has 6 heteroatoms. The molecule has 0 bridgehead atoms. The fourth-order valence-electron chi connectivity index (χ4n) is 1.38. The highest BCUT2D eigenvalue weighted by atomic mass is 32.2. The van der Waals surface area contributed by atoms with Crippen molar-refractivity contribution in [2.45, 2.75) is 18.7 Å². The molecule has 100 valence electrons. The van der Waals surface area contributed by atoms with E-state index in [1.807, 2.05) is 24.4 Å². The summed E-state index contributed by atoms with van der Waals surface area (Å²) in [6.45, 7) is 3.59. The van der Waals surface area contributed by atoms with Crippen LogP contribution in [0.1, 0.15) is 17.4 Å². The summed E-state index contributed by atoms with van der Waals surface area (Å²) in [6.07, 6.45) is 0. The summed E-state index contributed by atoms with van der Waals surface area (Å²) in [7, 11) is -3.85. The third-order valence-electron chi connectivity index (χ3n) is 2.46. The largest absolute Gasteiger partial charge is 0.358 e. The minimum absolute atomic E-state index is 0.0980. The Kier molecular flexibility index (Phi) is 4.01. The fourth-order valence-corrected chi connectivity index (χ4v) is 2.82. The molecule has 0 aliphatic carbocycles.